The Hall–Kier alpha value is -0.170. The zero-order valence-electron chi connectivity index (χ0n) is 12.3. The predicted molar refractivity (Wildman–Crippen MR) is 85.5 cm³/mol. The Kier molecular flexibility index (Phi) is 6.91. The number of hydrogen-bond acceptors (Lipinski definition) is 3. The Morgan fingerprint density at radius 3 is 2.60 bits per heavy atom. The number of hydrogen-bond donors (Lipinski definition) is 1. The van der Waals surface area contributed by atoms with Crippen LogP contribution in [0.1, 0.15) is 52.3 Å². The third kappa shape index (κ3) is 5.31. The molecule has 0 saturated heterocycles. The zero-order valence-corrected chi connectivity index (χ0v) is 14.7. The van der Waals surface area contributed by atoms with Crippen LogP contribution in [0, 0.1) is 0 Å². The summed E-state index contributed by atoms with van der Waals surface area (Å²) >= 11 is 1.94. The highest BCUT2D eigenvalue weighted by atomic mass is 79.9. The van der Waals surface area contributed by atoms with Gasteiger partial charge < -0.3 is 4.55 Å². The van der Waals surface area contributed by atoms with E-state index in [1.165, 1.54) is 0 Å². The normalized spacial score (nSPS) is 16.8. The largest absolute Gasteiger partial charge is 0.598 e. The highest BCUT2D eigenvalue weighted by Gasteiger charge is 2.34. The third-order valence-electron chi connectivity index (χ3n) is 2.77. The second-order valence-electron chi connectivity index (χ2n) is 5.67. The van der Waals surface area contributed by atoms with Crippen LogP contribution in [0.25, 0.3) is 0 Å². The second kappa shape index (κ2) is 7.73. The molecule has 0 saturated carbocycles. The molecule has 0 bridgehead atoms. The van der Waals surface area contributed by atoms with Crippen molar-refractivity contribution in [1.82, 2.24) is 9.71 Å². The first-order valence-electron chi connectivity index (χ1n) is 6.70. The van der Waals surface area contributed by atoms with Crippen LogP contribution in [0.2, 0.25) is 0 Å². The van der Waals surface area contributed by atoms with Gasteiger partial charge in [-0.15, -0.1) is 4.72 Å². The van der Waals surface area contributed by atoms with Gasteiger partial charge >= 0.3 is 0 Å². The molecule has 0 radical (unpaired) electrons. The fourth-order valence-electron chi connectivity index (χ4n) is 1.65. The number of alkyl halides is 1. The zero-order chi connectivity index (χ0) is 15.3. The van der Waals surface area contributed by atoms with E-state index in [0.29, 0.717) is 16.7 Å². The monoisotopic (exact) mass is 364 g/mol. The molecule has 0 aliphatic heterocycles. The number of rotatable bonds is 6. The highest BCUT2D eigenvalue weighted by molar-refractivity contribution is 9.10. The van der Waals surface area contributed by atoms with E-state index in [2.05, 4.69) is 25.6 Å². The molecule has 20 heavy (non-hydrogen) atoms. The summed E-state index contributed by atoms with van der Waals surface area (Å²) in [5, 5.41) is 0. The van der Waals surface area contributed by atoms with Gasteiger partial charge in [0.05, 0.1) is 5.69 Å². The summed E-state index contributed by atoms with van der Waals surface area (Å²) < 4.78 is 29.7. The molecule has 0 aliphatic carbocycles. The quantitative estimate of drug-likeness (QED) is 0.611. The molecule has 0 aliphatic rings. The van der Waals surface area contributed by atoms with Gasteiger partial charge in [0.15, 0.2) is 0 Å². The van der Waals surface area contributed by atoms with Gasteiger partial charge in [-0.05, 0) is 55.3 Å². The first-order chi connectivity index (χ1) is 9.25. The lowest BCUT2D eigenvalue weighted by atomic mass is 10.1. The maximum atomic E-state index is 14.4. The van der Waals surface area contributed by atoms with Gasteiger partial charge in [0.1, 0.15) is 21.6 Å². The van der Waals surface area contributed by atoms with Crippen LogP contribution in [-0.2, 0) is 11.4 Å². The Morgan fingerprint density at radius 1 is 1.45 bits per heavy atom. The van der Waals surface area contributed by atoms with Crippen molar-refractivity contribution in [2.45, 2.75) is 57.5 Å². The number of nitrogens with one attached hydrogen (secondary N) is 1. The maximum Gasteiger partial charge on any atom is 0.136 e. The molecule has 1 aromatic rings. The molecule has 6 heteroatoms. The molecule has 114 valence electrons. The summed E-state index contributed by atoms with van der Waals surface area (Å²) in [5.74, 6) is 0. The lowest BCUT2D eigenvalue weighted by Crippen LogP contribution is -2.44. The number of nitrogens with zero attached hydrogens (tertiary/aromatic N) is 1. The fourth-order valence-corrected chi connectivity index (χ4v) is 2.86. The Bertz CT molecular complexity index is 428. The number of halogens is 2. The molecule has 1 aromatic heterocycles. The maximum absolute atomic E-state index is 14.4. The van der Waals surface area contributed by atoms with E-state index in [0.717, 1.165) is 6.42 Å². The SMILES string of the molecule is CCCC(F)[C@H](N[S+]([O-])C(C)(C)C)c1cccc(Br)n1. The molecular formula is C14H22BrFN2OS. The second-order valence-corrected chi connectivity index (χ2v) is 8.48. The minimum atomic E-state index is -1.34. The minimum Gasteiger partial charge on any atom is -0.598 e. The van der Waals surface area contributed by atoms with Crippen LogP contribution < -0.4 is 4.72 Å². The topological polar surface area (TPSA) is 48.0 Å². The summed E-state index contributed by atoms with van der Waals surface area (Å²) in [6.45, 7) is 7.50. The van der Waals surface area contributed by atoms with Crippen LogP contribution in [0.5, 0.6) is 0 Å². The van der Waals surface area contributed by atoms with Crippen molar-refractivity contribution in [1.29, 1.82) is 0 Å². The minimum absolute atomic E-state index is 0.410. The van der Waals surface area contributed by atoms with Crippen LogP contribution in [0.3, 0.4) is 0 Å². The standard InChI is InChI=1S/C14H22BrFN2OS/c1-5-7-10(16)13(18-20(19)14(2,3)4)11-8-6-9-12(15)17-11/h6,8-10,13,18H,5,7H2,1-4H3/t10?,13-,20?/m0/s1. The summed E-state index contributed by atoms with van der Waals surface area (Å²) in [7, 11) is 0. The lowest BCUT2D eigenvalue weighted by molar-refractivity contribution is 0.249. The molecular weight excluding hydrogens is 343 g/mol. The fraction of sp³-hybridized carbons (Fsp3) is 0.643. The Labute approximate surface area is 132 Å². The van der Waals surface area contributed by atoms with Crippen LogP contribution in [-0.4, -0.2) is 20.5 Å². The molecule has 1 N–H and O–H groups in total. The van der Waals surface area contributed by atoms with Gasteiger partial charge in [0.2, 0.25) is 0 Å². The summed E-state index contributed by atoms with van der Waals surface area (Å²) in [6.07, 6.45) is 0.0241. The molecule has 2 unspecified atom stereocenters. The van der Waals surface area contributed by atoms with E-state index >= 15 is 0 Å². The molecule has 0 aromatic carbocycles. The van der Waals surface area contributed by atoms with Crippen molar-refractivity contribution < 1.29 is 8.94 Å². The van der Waals surface area contributed by atoms with Gasteiger partial charge in [-0.2, -0.15) is 0 Å². The summed E-state index contributed by atoms with van der Waals surface area (Å²) in [6, 6.07) is 4.69. The van der Waals surface area contributed by atoms with Crippen molar-refractivity contribution >= 4 is 27.3 Å². The average Bonchev–Trinajstić information content (AvgIpc) is 2.34. The summed E-state index contributed by atoms with van der Waals surface area (Å²) in [5.41, 5.74) is 0.568. The van der Waals surface area contributed by atoms with Gasteiger partial charge in [-0.3, -0.25) is 0 Å². The van der Waals surface area contributed by atoms with Crippen molar-refractivity contribution in [3.63, 3.8) is 0 Å². The molecule has 1 heterocycles. The summed E-state index contributed by atoms with van der Waals surface area (Å²) in [4.78, 5) is 4.29. The van der Waals surface area contributed by atoms with Crippen LogP contribution in [0.4, 0.5) is 4.39 Å². The Morgan fingerprint density at radius 2 is 2.10 bits per heavy atom. The number of aromatic nitrogens is 1. The van der Waals surface area contributed by atoms with Crippen LogP contribution in [0.15, 0.2) is 22.8 Å². The molecule has 0 spiro atoms. The van der Waals surface area contributed by atoms with Crippen LogP contribution >= 0.6 is 15.9 Å². The van der Waals surface area contributed by atoms with Gasteiger partial charge in [-0.1, -0.05) is 19.4 Å². The average molecular weight is 365 g/mol. The van der Waals surface area contributed by atoms with Gasteiger partial charge in [0.25, 0.3) is 0 Å². The van der Waals surface area contributed by atoms with E-state index in [-0.39, 0.29) is 0 Å². The molecule has 0 amide bonds. The molecule has 0 fully saturated rings. The first-order valence-corrected chi connectivity index (χ1v) is 8.64. The smallest absolute Gasteiger partial charge is 0.136 e. The van der Waals surface area contributed by atoms with E-state index in [1.54, 1.807) is 18.2 Å². The van der Waals surface area contributed by atoms with Gasteiger partial charge in [-0.25, -0.2) is 9.37 Å². The number of pyridine rings is 1. The molecule has 3 atom stereocenters. The van der Waals surface area contributed by atoms with E-state index in [4.69, 9.17) is 0 Å². The Balaban J connectivity index is 2.97. The third-order valence-corrected chi connectivity index (χ3v) is 4.79. The highest BCUT2D eigenvalue weighted by Crippen LogP contribution is 2.26. The van der Waals surface area contributed by atoms with E-state index < -0.39 is 28.3 Å². The molecule has 1 rings (SSSR count). The van der Waals surface area contributed by atoms with E-state index in [9.17, 15) is 8.94 Å². The van der Waals surface area contributed by atoms with Crippen molar-refractivity contribution in [2.75, 3.05) is 0 Å². The van der Waals surface area contributed by atoms with Crippen molar-refractivity contribution in [3.05, 3.63) is 28.5 Å². The van der Waals surface area contributed by atoms with Crippen molar-refractivity contribution in [3.8, 4) is 0 Å². The van der Waals surface area contributed by atoms with E-state index in [1.807, 2.05) is 27.7 Å². The lowest BCUT2D eigenvalue weighted by Gasteiger charge is -2.29. The first kappa shape index (κ1) is 17.9. The van der Waals surface area contributed by atoms with Crippen molar-refractivity contribution in [2.24, 2.45) is 0 Å². The molecule has 3 nitrogen and oxygen atoms in total. The van der Waals surface area contributed by atoms with Gasteiger partial charge in [0, 0.05) is 11.4 Å². The predicted octanol–water partition coefficient (Wildman–Crippen LogP) is 4.08.